The molecule has 2 heterocycles. The number of methoxy groups -OCH3 is 1. The minimum atomic E-state index is -3.36. The van der Waals surface area contributed by atoms with E-state index < -0.39 is 9.84 Å². The highest BCUT2D eigenvalue weighted by atomic mass is 32.2. The molecule has 0 aliphatic carbocycles. The van der Waals surface area contributed by atoms with Gasteiger partial charge in [0.15, 0.2) is 0 Å². The number of ether oxygens (including phenoxy) is 1. The standard InChI is InChI=1S/C22H30N4O3S/c1-5-7-13-26-18(14-24-22(26)30(27,28)6-2)16-25(3)15-17-10-11-20(29-4)21-19(17)9-8-12-23-21/h8-12,14H,5-7,13,15-16H2,1-4H3. The number of fused-ring (bicyclic) bond motifs is 1. The largest absolute Gasteiger partial charge is 0.494 e. The van der Waals surface area contributed by atoms with Crippen LogP contribution in [0.5, 0.6) is 5.75 Å². The average molecular weight is 431 g/mol. The van der Waals surface area contributed by atoms with Gasteiger partial charge in [-0.3, -0.25) is 9.88 Å². The van der Waals surface area contributed by atoms with Gasteiger partial charge in [0.05, 0.1) is 24.8 Å². The molecule has 0 atom stereocenters. The van der Waals surface area contributed by atoms with Crippen LogP contribution >= 0.6 is 0 Å². The number of imidazole rings is 1. The Kier molecular flexibility index (Phi) is 7.10. The van der Waals surface area contributed by atoms with E-state index in [4.69, 9.17) is 4.74 Å². The lowest BCUT2D eigenvalue weighted by Gasteiger charge is -2.20. The molecule has 30 heavy (non-hydrogen) atoms. The minimum Gasteiger partial charge on any atom is -0.494 e. The second-order valence-electron chi connectivity index (χ2n) is 7.44. The number of unbranched alkanes of at least 4 members (excludes halogenated alkanes) is 1. The molecule has 0 saturated carbocycles. The predicted octanol–water partition coefficient (Wildman–Crippen LogP) is 3.67. The Morgan fingerprint density at radius 3 is 2.63 bits per heavy atom. The van der Waals surface area contributed by atoms with E-state index in [2.05, 4.69) is 27.9 Å². The average Bonchev–Trinajstić information content (AvgIpc) is 3.15. The molecule has 0 N–H and O–H groups in total. The van der Waals surface area contributed by atoms with E-state index in [1.54, 1.807) is 26.4 Å². The summed E-state index contributed by atoms with van der Waals surface area (Å²) in [6, 6.07) is 7.97. The van der Waals surface area contributed by atoms with Crippen molar-refractivity contribution >= 4 is 20.7 Å². The predicted molar refractivity (Wildman–Crippen MR) is 118 cm³/mol. The van der Waals surface area contributed by atoms with Gasteiger partial charge < -0.3 is 9.30 Å². The van der Waals surface area contributed by atoms with Crippen molar-refractivity contribution in [3.05, 3.63) is 47.9 Å². The van der Waals surface area contributed by atoms with Crippen molar-refractivity contribution in [1.29, 1.82) is 0 Å². The molecule has 0 aliphatic heterocycles. The lowest BCUT2D eigenvalue weighted by Crippen LogP contribution is -2.21. The minimum absolute atomic E-state index is 0.0518. The summed E-state index contributed by atoms with van der Waals surface area (Å²) in [6.45, 7) is 5.71. The quantitative estimate of drug-likeness (QED) is 0.488. The van der Waals surface area contributed by atoms with Gasteiger partial charge in [-0.1, -0.05) is 32.4 Å². The molecular weight excluding hydrogens is 400 g/mol. The maximum absolute atomic E-state index is 12.5. The van der Waals surface area contributed by atoms with Gasteiger partial charge in [-0.05, 0) is 31.2 Å². The number of aromatic nitrogens is 3. The number of hydrogen-bond donors (Lipinski definition) is 0. The van der Waals surface area contributed by atoms with E-state index in [-0.39, 0.29) is 10.9 Å². The molecule has 0 bridgehead atoms. The van der Waals surface area contributed by atoms with Crippen LogP contribution in [-0.4, -0.2) is 47.8 Å². The molecule has 162 valence electrons. The lowest BCUT2D eigenvalue weighted by molar-refractivity contribution is 0.308. The number of benzene rings is 1. The van der Waals surface area contributed by atoms with Crippen LogP contribution in [0, 0.1) is 0 Å². The van der Waals surface area contributed by atoms with Crippen LogP contribution in [0.4, 0.5) is 0 Å². The fourth-order valence-electron chi connectivity index (χ4n) is 3.58. The molecule has 0 radical (unpaired) electrons. The molecule has 0 fully saturated rings. The molecule has 7 nitrogen and oxygen atoms in total. The van der Waals surface area contributed by atoms with Gasteiger partial charge in [0.1, 0.15) is 11.3 Å². The summed E-state index contributed by atoms with van der Waals surface area (Å²) in [6.07, 6.45) is 5.36. The summed E-state index contributed by atoms with van der Waals surface area (Å²) in [5.74, 6) is 0.806. The highest BCUT2D eigenvalue weighted by Crippen LogP contribution is 2.27. The second kappa shape index (κ2) is 9.57. The monoisotopic (exact) mass is 430 g/mol. The SMILES string of the molecule is CCCCn1c(CN(C)Cc2ccc(OC)c3ncccc23)cnc1S(=O)(=O)CC. The van der Waals surface area contributed by atoms with Crippen molar-refractivity contribution in [2.45, 2.75) is 51.5 Å². The van der Waals surface area contributed by atoms with Gasteiger partial charge >= 0.3 is 0 Å². The van der Waals surface area contributed by atoms with E-state index in [9.17, 15) is 8.42 Å². The number of hydrogen-bond acceptors (Lipinski definition) is 6. The zero-order valence-electron chi connectivity index (χ0n) is 18.1. The number of rotatable bonds is 10. The molecule has 3 rings (SSSR count). The summed E-state index contributed by atoms with van der Waals surface area (Å²) in [5, 5.41) is 1.23. The Bertz CT molecular complexity index is 1110. The van der Waals surface area contributed by atoms with Crippen molar-refractivity contribution in [3.8, 4) is 5.75 Å². The first-order valence-corrected chi connectivity index (χ1v) is 11.9. The van der Waals surface area contributed by atoms with Crippen LogP contribution in [0.2, 0.25) is 0 Å². The van der Waals surface area contributed by atoms with Crippen molar-refractivity contribution in [2.24, 2.45) is 0 Å². The van der Waals surface area contributed by atoms with Crippen molar-refractivity contribution in [2.75, 3.05) is 19.9 Å². The number of sulfone groups is 1. The highest BCUT2D eigenvalue weighted by Gasteiger charge is 2.22. The van der Waals surface area contributed by atoms with Crippen LogP contribution in [0.15, 0.2) is 41.8 Å². The molecule has 1 aromatic carbocycles. The summed E-state index contributed by atoms with van der Waals surface area (Å²) >= 11 is 0. The third kappa shape index (κ3) is 4.65. The third-order valence-corrected chi connectivity index (χ3v) is 6.85. The first-order valence-electron chi connectivity index (χ1n) is 10.3. The van der Waals surface area contributed by atoms with Crippen LogP contribution in [0.1, 0.15) is 37.9 Å². The maximum Gasteiger partial charge on any atom is 0.227 e. The van der Waals surface area contributed by atoms with E-state index >= 15 is 0 Å². The normalized spacial score (nSPS) is 12.0. The van der Waals surface area contributed by atoms with Crippen molar-refractivity contribution in [1.82, 2.24) is 19.4 Å². The van der Waals surface area contributed by atoms with E-state index in [0.717, 1.165) is 40.8 Å². The van der Waals surface area contributed by atoms with Gasteiger partial charge in [0, 0.05) is 31.2 Å². The highest BCUT2D eigenvalue weighted by molar-refractivity contribution is 7.91. The van der Waals surface area contributed by atoms with Crippen molar-refractivity contribution < 1.29 is 13.2 Å². The smallest absolute Gasteiger partial charge is 0.227 e. The Hall–Kier alpha value is -2.45. The van der Waals surface area contributed by atoms with E-state index in [1.165, 1.54) is 0 Å². The first kappa shape index (κ1) is 22.2. The summed E-state index contributed by atoms with van der Waals surface area (Å²) in [7, 11) is 0.314. The zero-order valence-corrected chi connectivity index (χ0v) is 18.9. The molecule has 3 aromatic rings. The lowest BCUT2D eigenvalue weighted by atomic mass is 10.1. The Morgan fingerprint density at radius 2 is 1.93 bits per heavy atom. The third-order valence-electron chi connectivity index (χ3n) is 5.21. The van der Waals surface area contributed by atoms with Crippen LogP contribution in [0.25, 0.3) is 10.9 Å². The Balaban J connectivity index is 1.87. The molecule has 8 heteroatoms. The molecule has 0 saturated heterocycles. The van der Waals surface area contributed by atoms with Crippen LogP contribution in [0.3, 0.4) is 0 Å². The molecule has 2 aromatic heterocycles. The van der Waals surface area contributed by atoms with Crippen LogP contribution < -0.4 is 4.74 Å². The fraction of sp³-hybridized carbons (Fsp3) is 0.455. The molecule has 0 spiro atoms. The molecule has 0 amide bonds. The maximum atomic E-state index is 12.5. The molecule has 0 aliphatic rings. The summed E-state index contributed by atoms with van der Waals surface area (Å²) in [4.78, 5) is 10.9. The second-order valence-corrected chi connectivity index (χ2v) is 9.61. The van der Waals surface area contributed by atoms with E-state index in [0.29, 0.717) is 19.6 Å². The molecular formula is C22H30N4O3S. The van der Waals surface area contributed by atoms with Gasteiger partial charge in [-0.15, -0.1) is 0 Å². The van der Waals surface area contributed by atoms with Crippen LogP contribution in [-0.2, 0) is 29.5 Å². The number of nitrogens with zero attached hydrogens (tertiary/aromatic N) is 4. The first-order chi connectivity index (χ1) is 14.4. The van der Waals surface area contributed by atoms with Gasteiger partial charge in [0.2, 0.25) is 15.0 Å². The molecule has 0 unspecified atom stereocenters. The summed E-state index contributed by atoms with van der Waals surface area (Å²) in [5.41, 5.74) is 2.89. The fourth-order valence-corrected chi connectivity index (χ4v) is 4.60. The topological polar surface area (TPSA) is 77.3 Å². The van der Waals surface area contributed by atoms with E-state index in [1.807, 2.05) is 29.8 Å². The Morgan fingerprint density at radius 1 is 1.13 bits per heavy atom. The number of pyridine rings is 1. The Labute approximate surface area is 178 Å². The van der Waals surface area contributed by atoms with Crippen molar-refractivity contribution in [3.63, 3.8) is 0 Å². The van der Waals surface area contributed by atoms with Gasteiger partial charge in [-0.2, -0.15) is 0 Å². The zero-order chi connectivity index (χ0) is 21.7. The van der Waals surface area contributed by atoms with Gasteiger partial charge in [0.25, 0.3) is 0 Å². The van der Waals surface area contributed by atoms with Gasteiger partial charge in [-0.25, -0.2) is 13.4 Å². The summed E-state index contributed by atoms with van der Waals surface area (Å²) < 4.78 is 32.2.